The number of aromatic nitrogens is 2. The summed E-state index contributed by atoms with van der Waals surface area (Å²) in [5.41, 5.74) is 13.8. The first-order valence-corrected chi connectivity index (χ1v) is 19.4. The quantitative estimate of drug-likeness (QED) is 0.157. The Labute approximate surface area is 327 Å². The van der Waals surface area contributed by atoms with Gasteiger partial charge in [-0.15, -0.1) is 0 Å². The molecule has 8 aromatic rings. The van der Waals surface area contributed by atoms with Crippen LogP contribution in [-0.2, 0) is 0 Å². The fourth-order valence-corrected chi connectivity index (χ4v) is 8.02. The SMILES string of the molecule is C1=CC(c2nc(-c3ccccc3)cc(-c3cccc4oc5cc(C6C=CC(N(c7ccccc7)c7ccc(-c8ccccc8)cc7)=CC6)ccc5c34)n2)=CCC1. The number of anilines is 2. The Morgan fingerprint density at radius 3 is 2.00 bits per heavy atom. The van der Waals surface area contributed by atoms with Crippen LogP contribution in [-0.4, -0.2) is 9.97 Å². The van der Waals surface area contributed by atoms with E-state index >= 15 is 0 Å². The van der Waals surface area contributed by atoms with Crippen LogP contribution in [0.1, 0.15) is 36.6 Å². The van der Waals surface area contributed by atoms with Crippen LogP contribution in [0.5, 0.6) is 0 Å². The Hall–Kier alpha value is -7.04. The minimum atomic E-state index is 0.226. The summed E-state index contributed by atoms with van der Waals surface area (Å²) in [6.45, 7) is 0. The predicted octanol–water partition coefficient (Wildman–Crippen LogP) is 13.9. The molecular formula is C52H39N3O. The van der Waals surface area contributed by atoms with E-state index in [4.69, 9.17) is 14.4 Å². The van der Waals surface area contributed by atoms with Gasteiger partial charge in [-0.3, -0.25) is 0 Å². The normalized spacial score (nSPS) is 15.2. The van der Waals surface area contributed by atoms with Crippen LogP contribution in [0.4, 0.5) is 11.4 Å². The van der Waals surface area contributed by atoms with Gasteiger partial charge in [-0.2, -0.15) is 0 Å². The Bertz CT molecular complexity index is 2810. The minimum Gasteiger partial charge on any atom is -0.456 e. The van der Waals surface area contributed by atoms with E-state index in [9.17, 15) is 0 Å². The molecule has 0 N–H and O–H groups in total. The van der Waals surface area contributed by atoms with Gasteiger partial charge in [-0.1, -0.05) is 146 Å². The summed E-state index contributed by atoms with van der Waals surface area (Å²) in [5.74, 6) is 0.972. The van der Waals surface area contributed by atoms with Gasteiger partial charge in [-0.05, 0) is 84.5 Å². The van der Waals surface area contributed by atoms with E-state index in [1.807, 2.05) is 6.07 Å². The maximum absolute atomic E-state index is 6.61. The maximum atomic E-state index is 6.61. The van der Waals surface area contributed by atoms with Gasteiger partial charge < -0.3 is 9.32 Å². The molecular weight excluding hydrogens is 683 g/mol. The predicted molar refractivity (Wildman–Crippen MR) is 232 cm³/mol. The molecule has 0 saturated carbocycles. The number of fused-ring (bicyclic) bond motifs is 3. The third-order valence-electron chi connectivity index (χ3n) is 10.9. The van der Waals surface area contributed by atoms with Crippen LogP contribution < -0.4 is 4.90 Å². The lowest BCUT2D eigenvalue weighted by atomic mass is 9.90. The highest BCUT2D eigenvalue weighted by Crippen LogP contribution is 2.41. The summed E-state index contributed by atoms with van der Waals surface area (Å²) >= 11 is 0. The fourth-order valence-electron chi connectivity index (χ4n) is 8.02. The summed E-state index contributed by atoms with van der Waals surface area (Å²) in [4.78, 5) is 12.6. The molecule has 0 fully saturated rings. The van der Waals surface area contributed by atoms with Gasteiger partial charge in [0.1, 0.15) is 11.2 Å². The highest BCUT2D eigenvalue weighted by atomic mass is 16.3. The molecule has 6 aromatic carbocycles. The fraction of sp³-hybridized carbons (Fsp3) is 0.0769. The minimum absolute atomic E-state index is 0.226. The number of furan rings is 1. The average molecular weight is 722 g/mol. The van der Waals surface area contributed by atoms with Gasteiger partial charge in [0.05, 0.1) is 11.4 Å². The number of benzene rings is 6. The van der Waals surface area contributed by atoms with Crippen LogP contribution in [0.15, 0.2) is 204 Å². The molecule has 268 valence electrons. The van der Waals surface area contributed by atoms with Crippen molar-refractivity contribution in [2.24, 2.45) is 0 Å². The molecule has 0 aliphatic heterocycles. The Kier molecular flexibility index (Phi) is 8.77. The molecule has 1 unspecified atom stereocenters. The average Bonchev–Trinajstić information content (AvgIpc) is 3.66. The topological polar surface area (TPSA) is 42.2 Å². The maximum Gasteiger partial charge on any atom is 0.160 e. The van der Waals surface area contributed by atoms with Crippen molar-refractivity contribution in [1.29, 1.82) is 0 Å². The van der Waals surface area contributed by atoms with E-state index in [1.165, 1.54) is 16.7 Å². The lowest BCUT2D eigenvalue weighted by molar-refractivity contribution is 0.667. The first-order valence-electron chi connectivity index (χ1n) is 19.4. The molecule has 4 nitrogen and oxygen atoms in total. The van der Waals surface area contributed by atoms with Gasteiger partial charge >= 0.3 is 0 Å². The van der Waals surface area contributed by atoms with Crippen LogP contribution in [0.2, 0.25) is 0 Å². The van der Waals surface area contributed by atoms with Gasteiger partial charge in [0, 0.05) is 50.5 Å². The third-order valence-corrected chi connectivity index (χ3v) is 10.9. The Morgan fingerprint density at radius 2 is 1.27 bits per heavy atom. The van der Waals surface area contributed by atoms with Gasteiger partial charge in [-0.25, -0.2) is 9.97 Å². The molecule has 0 spiro atoms. The molecule has 0 saturated heterocycles. The summed E-state index contributed by atoms with van der Waals surface area (Å²) in [6, 6.07) is 55.5. The number of hydrogen-bond acceptors (Lipinski definition) is 4. The lowest BCUT2D eigenvalue weighted by Crippen LogP contribution is -2.17. The van der Waals surface area contributed by atoms with Crippen LogP contribution in [0, 0.1) is 0 Å². The molecule has 1 atom stereocenters. The molecule has 2 aliphatic carbocycles. The monoisotopic (exact) mass is 721 g/mol. The summed E-state index contributed by atoms with van der Waals surface area (Å²) < 4.78 is 6.61. The van der Waals surface area contributed by atoms with Crippen molar-refractivity contribution in [3.05, 3.63) is 211 Å². The van der Waals surface area contributed by atoms with Crippen LogP contribution >= 0.6 is 0 Å². The van der Waals surface area contributed by atoms with E-state index in [0.29, 0.717) is 0 Å². The van der Waals surface area contributed by atoms with Gasteiger partial charge in [0.25, 0.3) is 0 Å². The second-order valence-electron chi connectivity index (χ2n) is 14.4. The molecule has 0 bridgehead atoms. The molecule has 2 aliphatic rings. The van der Waals surface area contributed by atoms with E-state index in [2.05, 4.69) is 193 Å². The molecule has 0 radical (unpaired) electrons. The first kappa shape index (κ1) is 33.5. The first-order chi connectivity index (χ1) is 27.7. The number of para-hydroxylation sites is 1. The summed E-state index contributed by atoms with van der Waals surface area (Å²) in [5, 5.41) is 2.16. The number of allylic oxidation sites excluding steroid dienone is 7. The third kappa shape index (κ3) is 6.46. The van der Waals surface area contributed by atoms with Crippen molar-refractivity contribution >= 4 is 38.9 Å². The van der Waals surface area contributed by atoms with E-state index in [-0.39, 0.29) is 5.92 Å². The van der Waals surface area contributed by atoms with Gasteiger partial charge in [0.2, 0.25) is 0 Å². The molecule has 56 heavy (non-hydrogen) atoms. The molecule has 4 heteroatoms. The highest BCUT2D eigenvalue weighted by Gasteiger charge is 2.21. The zero-order valence-electron chi connectivity index (χ0n) is 30.9. The molecule has 10 rings (SSSR count). The lowest BCUT2D eigenvalue weighted by Gasteiger charge is -2.29. The zero-order chi connectivity index (χ0) is 37.3. The van der Waals surface area contributed by atoms with Crippen molar-refractivity contribution in [3.8, 4) is 33.6 Å². The van der Waals surface area contributed by atoms with Crippen LogP contribution in [0.3, 0.4) is 0 Å². The zero-order valence-corrected chi connectivity index (χ0v) is 30.9. The van der Waals surface area contributed by atoms with Crippen molar-refractivity contribution < 1.29 is 4.42 Å². The Balaban J connectivity index is 0.975. The summed E-state index contributed by atoms with van der Waals surface area (Å²) in [7, 11) is 0. The van der Waals surface area contributed by atoms with E-state index < -0.39 is 0 Å². The number of nitrogens with zero attached hydrogens (tertiary/aromatic N) is 3. The molecule has 2 aromatic heterocycles. The van der Waals surface area contributed by atoms with Crippen molar-refractivity contribution in [3.63, 3.8) is 0 Å². The number of hydrogen-bond donors (Lipinski definition) is 0. The largest absolute Gasteiger partial charge is 0.456 e. The van der Waals surface area contributed by atoms with Crippen molar-refractivity contribution in [2.45, 2.75) is 25.2 Å². The van der Waals surface area contributed by atoms with E-state index in [0.717, 1.165) is 92.2 Å². The standard InChI is InChI=1S/C52H39N3O/c1-5-14-36(15-6-1)37-24-29-43(30-25-37)55(42-20-11-4-12-21-42)44-31-26-38(27-32-44)41-28-33-46-50(34-41)56-49-23-13-22-45(51(46)49)48-35-47(39-16-7-2-8-17-39)53-52(54-48)40-18-9-3-10-19-40/h1-2,4-9,11-26,28-35,38H,3,10,27H2. The van der Waals surface area contributed by atoms with Crippen molar-refractivity contribution in [1.82, 2.24) is 9.97 Å². The second kappa shape index (κ2) is 14.7. The second-order valence-corrected chi connectivity index (χ2v) is 14.4. The summed E-state index contributed by atoms with van der Waals surface area (Å²) in [6.07, 6.45) is 16.5. The van der Waals surface area contributed by atoms with Crippen molar-refractivity contribution in [2.75, 3.05) is 4.90 Å². The number of rotatable bonds is 8. The van der Waals surface area contributed by atoms with Gasteiger partial charge in [0.15, 0.2) is 5.82 Å². The smallest absolute Gasteiger partial charge is 0.160 e. The Morgan fingerprint density at radius 1 is 0.554 bits per heavy atom. The van der Waals surface area contributed by atoms with Crippen LogP contribution in [0.25, 0.3) is 61.2 Å². The molecule has 0 amide bonds. The molecule has 2 heterocycles. The highest BCUT2D eigenvalue weighted by molar-refractivity contribution is 6.12. The van der Waals surface area contributed by atoms with E-state index in [1.54, 1.807) is 0 Å².